The number of hydrogen-bond acceptors (Lipinski definition) is 4. The first-order valence-electron chi connectivity index (χ1n) is 7.16. The Morgan fingerprint density at radius 1 is 1.17 bits per heavy atom. The summed E-state index contributed by atoms with van der Waals surface area (Å²) in [7, 11) is 0. The highest BCUT2D eigenvalue weighted by atomic mass is 35.5. The van der Waals surface area contributed by atoms with Crippen molar-refractivity contribution in [3.8, 4) is 0 Å². The molecule has 0 aliphatic rings. The van der Waals surface area contributed by atoms with Crippen molar-refractivity contribution in [1.29, 1.82) is 0 Å². The van der Waals surface area contributed by atoms with Crippen LogP contribution in [0.2, 0.25) is 10.0 Å². The highest BCUT2D eigenvalue weighted by Crippen LogP contribution is 2.28. The van der Waals surface area contributed by atoms with Crippen molar-refractivity contribution in [3.63, 3.8) is 0 Å². The zero-order valence-corrected chi connectivity index (χ0v) is 14.1. The molecule has 0 atom stereocenters. The summed E-state index contributed by atoms with van der Waals surface area (Å²) >= 11 is 12.2. The van der Waals surface area contributed by atoms with Gasteiger partial charge in [-0.25, -0.2) is 9.78 Å². The summed E-state index contributed by atoms with van der Waals surface area (Å²) < 4.78 is 6.30. The number of carbonyl (C=O) groups excluding carboxylic acids is 2. The van der Waals surface area contributed by atoms with Crippen molar-refractivity contribution in [2.24, 2.45) is 0 Å². The third-order valence-electron chi connectivity index (χ3n) is 3.45. The number of halogens is 2. The van der Waals surface area contributed by atoms with Crippen molar-refractivity contribution < 1.29 is 14.3 Å². The fraction of sp³-hybridized carbons (Fsp3) is 0.118. The Labute approximate surface area is 147 Å². The summed E-state index contributed by atoms with van der Waals surface area (Å²) in [6, 6.07) is 8.19. The zero-order valence-electron chi connectivity index (χ0n) is 12.6. The van der Waals surface area contributed by atoms with Gasteiger partial charge in [-0.05, 0) is 31.2 Å². The number of esters is 1. The van der Waals surface area contributed by atoms with Crippen LogP contribution in [0.15, 0.2) is 42.7 Å². The summed E-state index contributed by atoms with van der Waals surface area (Å²) in [5, 5.41) is 0.971. The summed E-state index contributed by atoms with van der Waals surface area (Å²) in [6.45, 7) is 1.94. The summed E-state index contributed by atoms with van der Waals surface area (Å²) in [4.78, 5) is 29.2. The quantitative estimate of drug-likeness (QED) is 0.654. The molecule has 3 aromatic rings. The minimum atomic E-state index is -0.521. The number of nitrogens with zero attached hydrogens (tertiary/aromatic N) is 2. The Kier molecular flexibility index (Phi) is 4.55. The first kappa shape index (κ1) is 16.5. The SMILES string of the molecule is CCOC(=O)c1cn(C(=O)c2c(Cl)cccc2Cl)c2ncccc12. The van der Waals surface area contributed by atoms with Crippen LogP contribution in [0, 0.1) is 0 Å². The van der Waals surface area contributed by atoms with Gasteiger partial charge in [-0.2, -0.15) is 0 Å². The molecule has 5 nitrogen and oxygen atoms in total. The number of carbonyl (C=O) groups is 2. The van der Waals surface area contributed by atoms with E-state index in [0.29, 0.717) is 11.0 Å². The van der Waals surface area contributed by atoms with Crippen molar-refractivity contribution in [2.75, 3.05) is 6.61 Å². The number of benzene rings is 1. The molecule has 0 bridgehead atoms. The fourth-order valence-corrected chi connectivity index (χ4v) is 2.97. The maximum absolute atomic E-state index is 12.9. The van der Waals surface area contributed by atoms with Crippen LogP contribution in [0.25, 0.3) is 11.0 Å². The van der Waals surface area contributed by atoms with Gasteiger partial charge in [0.1, 0.15) is 5.65 Å². The topological polar surface area (TPSA) is 61.2 Å². The van der Waals surface area contributed by atoms with E-state index in [1.165, 1.54) is 17.0 Å². The molecule has 0 saturated heterocycles. The number of hydrogen-bond donors (Lipinski definition) is 0. The summed E-state index contributed by atoms with van der Waals surface area (Å²) in [5.74, 6) is -0.989. The number of aromatic nitrogens is 2. The van der Waals surface area contributed by atoms with Crippen molar-refractivity contribution >= 4 is 46.1 Å². The minimum Gasteiger partial charge on any atom is -0.462 e. The Morgan fingerprint density at radius 3 is 2.54 bits per heavy atom. The molecule has 2 aromatic heterocycles. The van der Waals surface area contributed by atoms with Crippen LogP contribution in [0.4, 0.5) is 0 Å². The van der Waals surface area contributed by atoms with Crippen LogP contribution >= 0.6 is 23.2 Å². The van der Waals surface area contributed by atoms with Gasteiger partial charge in [-0.1, -0.05) is 29.3 Å². The molecule has 0 unspecified atom stereocenters. The first-order valence-corrected chi connectivity index (χ1v) is 7.92. The van der Waals surface area contributed by atoms with Gasteiger partial charge in [0.15, 0.2) is 0 Å². The van der Waals surface area contributed by atoms with E-state index in [9.17, 15) is 9.59 Å². The highest BCUT2D eigenvalue weighted by molar-refractivity contribution is 6.40. The molecule has 1 aromatic carbocycles. The smallest absolute Gasteiger partial charge is 0.340 e. The van der Waals surface area contributed by atoms with Crippen molar-refractivity contribution in [3.05, 3.63) is 63.9 Å². The van der Waals surface area contributed by atoms with Crippen LogP contribution in [-0.4, -0.2) is 28.0 Å². The third kappa shape index (κ3) is 2.77. The van der Waals surface area contributed by atoms with Crippen LogP contribution in [0.1, 0.15) is 27.6 Å². The lowest BCUT2D eigenvalue weighted by Gasteiger charge is -2.07. The molecule has 0 radical (unpaired) electrons. The number of ether oxygens (including phenoxy) is 1. The average Bonchev–Trinajstić information content (AvgIpc) is 2.94. The fourth-order valence-electron chi connectivity index (χ4n) is 2.41. The second-order valence-electron chi connectivity index (χ2n) is 4.91. The number of pyridine rings is 1. The largest absolute Gasteiger partial charge is 0.462 e. The Hall–Kier alpha value is -2.37. The lowest BCUT2D eigenvalue weighted by Crippen LogP contribution is -2.13. The van der Waals surface area contributed by atoms with Crippen molar-refractivity contribution in [2.45, 2.75) is 6.92 Å². The van der Waals surface area contributed by atoms with Crippen LogP contribution < -0.4 is 0 Å². The zero-order chi connectivity index (χ0) is 17.3. The first-order chi connectivity index (χ1) is 11.5. The standard InChI is InChI=1S/C17H12Cl2N2O3/c1-2-24-17(23)11-9-21(15-10(11)5-4-8-20-15)16(22)14-12(18)6-3-7-13(14)19/h3-9H,2H2,1H3. The van der Waals surface area contributed by atoms with Gasteiger partial charge in [0, 0.05) is 17.8 Å². The predicted molar refractivity (Wildman–Crippen MR) is 91.9 cm³/mol. The minimum absolute atomic E-state index is 0.152. The third-order valence-corrected chi connectivity index (χ3v) is 4.08. The number of rotatable bonds is 3. The van der Waals surface area contributed by atoms with Gasteiger partial charge in [-0.3, -0.25) is 9.36 Å². The molecule has 2 heterocycles. The van der Waals surface area contributed by atoms with Gasteiger partial charge in [0.05, 0.1) is 27.8 Å². The van der Waals surface area contributed by atoms with E-state index in [2.05, 4.69) is 4.98 Å². The maximum atomic E-state index is 12.9. The molecule has 0 saturated carbocycles. The second kappa shape index (κ2) is 6.63. The highest BCUT2D eigenvalue weighted by Gasteiger charge is 2.23. The molecule has 24 heavy (non-hydrogen) atoms. The number of fused-ring (bicyclic) bond motifs is 1. The summed E-state index contributed by atoms with van der Waals surface area (Å²) in [6.07, 6.45) is 2.94. The van der Waals surface area contributed by atoms with E-state index in [1.54, 1.807) is 37.3 Å². The molecule has 0 fully saturated rings. The molecule has 0 aliphatic heterocycles. The normalized spacial score (nSPS) is 10.8. The van der Waals surface area contributed by atoms with E-state index >= 15 is 0 Å². The molecule has 122 valence electrons. The monoisotopic (exact) mass is 362 g/mol. The lowest BCUT2D eigenvalue weighted by atomic mass is 10.2. The van der Waals surface area contributed by atoms with Gasteiger partial charge in [0.2, 0.25) is 0 Å². The van der Waals surface area contributed by atoms with Gasteiger partial charge in [0.25, 0.3) is 5.91 Å². The molecular formula is C17H12Cl2N2O3. The molecule has 0 spiro atoms. The van der Waals surface area contributed by atoms with Crippen LogP contribution in [0.5, 0.6) is 0 Å². The van der Waals surface area contributed by atoms with E-state index in [-0.39, 0.29) is 27.8 Å². The molecule has 0 amide bonds. The predicted octanol–water partition coefficient (Wildman–Crippen LogP) is 4.21. The Balaban J connectivity index is 2.20. The van der Waals surface area contributed by atoms with Gasteiger partial charge in [-0.15, -0.1) is 0 Å². The van der Waals surface area contributed by atoms with Crippen LogP contribution in [-0.2, 0) is 4.74 Å². The molecular weight excluding hydrogens is 351 g/mol. The van der Waals surface area contributed by atoms with Gasteiger partial charge < -0.3 is 4.74 Å². The van der Waals surface area contributed by atoms with Crippen LogP contribution in [0.3, 0.4) is 0 Å². The van der Waals surface area contributed by atoms with Gasteiger partial charge >= 0.3 is 5.97 Å². The summed E-state index contributed by atoms with van der Waals surface area (Å²) in [5.41, 5.74) is 0.747. The van der Waals surface area contributed by atoms with E-state index in [4.69, 9.17) is 27.9 Å². The molecule has 7 heteroatoms. The molecule has 0 aliphatic carbocycles. The van der Waals surface area contributed by atoms with Crippen molar-refractivity contribution in [1.82, 2.24) is 9.55 Å². The van der Waals surface area contributed by atoms with E-state index in [1.807, 2.05) is 0 Å². The molecule has 3 rings (SSSR count). The average molecular weight is 363 g/mol. The lowest BCUT2D eigenvalue weighted by molar-refractivity contribution is 0.0528. The Morgan fingerprint density at radius 2 is 1.88 bits per heavy atom. The molecule has 0 N–H and O–H groups in total. The maximum Gasteiger partial charge on any atom is 0.340 e. The second-order valence-corrected chi connectivity index (χ2v) is 5.72. The Bertz CT molecular complexity index is 930. The van der Waals surface area contributed by atoms with E-state index < -0.39 is 11.9 Å². The van der Waals surface area contributed by atoms with E-state index in [0.717, 1.165) is 0 Å².